The molecule has 0 radical (unpaired) electrons. The average Bonchev–Trinajstić information content (AvgIpc) is 3.45. The zero-order chi connectivity index (χ0) is 37.7. The highest BCUT2D eigenvalue weighted by Crippen LogP contribution is 2.41. The fourth-order valence-electron chi connectivity index (χ4n) is 7.03. The number of hydrogen-bond donors (Lipinski definition) is 3. The van der Waals surface area contributed by atoms with Crippen LogP contribution in [0, 0.1) is 29.5 Å². The smallest absolute Gasteiger partial charge is 0.358 e. The summed E-state index contributed by atoms with van der Waals surface area (Å²) >= 11 is 0. The highest BCUT2D eigenvalue weighted by molar-refractivity contribution is 5.99. The number of aromatic amines is 1. The molecule has 1 aliphatic rings. The fraction of sp³-hybridized carbons (Fsp3) is 0.513. The maximum absolute atomic E-state index is 14.6. The number of rotatable bonds is 16. The number of fused-ring (bicyclic) bond motifs is 3. The number of aryl methyl sites for hydroxylation is 1. The van der Waals surface area contributed by atoms with Crippen molar-refractivity contribution in [2.75, 3.05) is 6.54 Å². The van der Waals surface area contributed by atoms with Gasteiger partial charge < -0.3 is 15.6 Å². The van der Waals surface area contributed by atoms with Gasteiger partial charge in [0.25, 0.3) is 0 Å². The molecule has 1 aliphatic carbocycles. The molecule has 5 atom stereocenters. The second-order valence-electron chi connectivity index (χ2n) is 14.1. The molecule has 0 saturated carbocycles. The van der Waals surface area contributed by atoms with Gasteiger partial charge in [0.05, 0.1) is 17.6 Å². The molecule has 3 aromatic rings. The Morgan fingerprint density at radius 1 is 0.902 bits per heavy atom. The number of para-hydroxylation sites is 1. The molecule has 0 spiro atoms. The number of halogens is 4. The predicted octanol–water partition coefficient (Wildman–Crippen LogP) is 6.86. The summed E-state index contributed by atoms with van der Waals surface area (Å²) in [6, 6.07) is 9.72. The largest absolute Gasteiger partial charge is 0.418 e. The lowest BCUT2D eigenvalue weighted by atomic mass is 9.72. The van der Waals surface area contributed by atoms with Gasteiger partial charge in [-0.1, -0.05) is 70.9 Å². The Kier molecular flexibility index (Phi) is 12.6. The van der Waals surface area contributed by atoms with E-state index in [0.717, 1.165) is 6.07 Å². The number of hydrogen-bond acceptors (Lipinski definition) is 5. The van der Waals surface area contributed by atoms with Gasteiger partial charge in [-0.15, -0.1) is 0 Å². The van der Waals surface area contributed by atoms with Gasteiger partial charge in [-0.25, -0.2) is 4.39 Å². The second kappa shape index (κ2) is 16.3. The third-order valence-electron chi connectivity index (χ3n) is 10.6. The number of H-pyrrole nitrogens is 1. The third kappa shape index (κ3) is 9.12. The van der Waals surface area contributed by atoms with Crippen molar-refractivity contribution in [2.45, 2.75) is 97.7 Å². The Hall–Kier alpha value is -4.35. The number of alkyl halides is 3. The fourth-order valence-corrected chi connectivity index (χ4v) is 7.03. The molecule has 0 saturated heterocycles. The van der Waals surface area contributed by atoms with Crippen LogP contribution in [0.5, 0.6) is 0 Å². The summed E-state index contributed by atoms with van der Waals surface area (Å²) in [5, 5.41) is 5.86. The van der Waals surface area contributed by atoms with E-state index in [9.17, 15) is 41.5 Å². The van der Waals surface area contributed by atoms with Crippen LogP contribution in [-0.2, 0) is 49.4 Å². The Labute approximate surface area is 295 Å². The average molecular weight is 714 g/mol. The van der Waals surface area contributed by atoms with E-state index in [0.29, 0.717) is 24.1 Å². The summed E-state index contributed by atoms with van der Waals surface area (Å²) < 4.78 is 56.4. The highest BCUT2D eigenvalue weighted by atomic mass is 19.4. The topological polar surface area (TPSA) is 125 Å². The van der Waals surface area contributed by atoms with Crippen molar-refractivity contribution in [2.24, 2.45) is 23.7 Å². The van der Waals surface area contributed by atoms with Crippen LogP contribution in [0.3, 0.4) is 0 Å². The lowest BCUT2D eigenvalue weighted by molar-refractivity contribution is -0.139. The molecule has 51 heavy (non-hydrogen) atoms. The zero-order valence-electron chi connectivity index (χ0n) is 29.8. The van der Waals surface area contributed by atoms with Crippen molar-refractivity contribution in [1.82, 2.24) is 15.6 Å². The first kappa shape index (κ1) is 39.4. The van der Waals surface area contributed by atoms with Crippen LogP contribution < -0.4 is 10.6 Å². The lowest BCUT2D eigenvalue weighted by Gasteiger charge is -2.39. The van der Waals surface area contributed by atoms with E-state index in [4.69, 9.17) is 0 Å². The molecule has 0 fully saturated rings. The second-order valence-corrected chi connectivity index (χ2v) is 14.1. The predicted molar refractivity (Wildman–Crippen MR) is 185 cm³/mol. The van der Waals surface area contributed by atoms with Crippen LogP contribution in [0.25, 0.3) is 10.9 Å². The van der Waals surface area contributed by atoms with Gasteiger partial charge in [-0.05, 0) is 54.9 Å². The Balaban J connectivity index is 1.74. The van der Waals surface area contributed by atoms with Crippen molar-refractivity contribution in [1.29, 1.82) is 0 Å². The summed E-state index contributed by atoms with van der Waals surface area (Å²) in [5.74, 6) is -4.99. The first-order valence-corrected chi connectivity index (χ1v) is 17.6. The summed E-state index contributed by atoms with van der Waals surface area (Å²) in [6.07, 6.45) is -4.25. The Morgan fingerprint density at radius 2 is 1.55 bits per heavy atom. The molecule has 2 aromatic carbocycles. The van der Waals surface area contributed by atoms with Gasteiger partial charge in [0.2, 0.25) is 11.8 Å². The van der Waals surface area contributed by atoms with E-state index in [1.165, 1.54) is 31.2 Å². The van der Waals surface area contributed by atoms with E-state index in [2.05, 4.69) is 15.6 Å². The van der Waals surface area contributed by atoms with Crippen molar-refractivity contribution in [3.63, 3.8) is 0 Å². The standard InChI is InChI=1S/C39H47F4N3O5/c1-6-22(3)28(18-26(48)17-25-11-8-9-14-32(25)40)37(51)46-38(34(49)19-29(23(4)7-2)36(50)44-21-24(5)47)16-15-33-30(20-38)27-12-10-13-31(35(27)45-33)39(41,42)43/h8-14,22-23,28-29,45H,6-7,15-21H2,1-5H3,(H,44,50)(H,46,51)/t22?,23?,28-,29-,38+/m0/s1. The quantitative estimate of drug-likeness (QED) is 0.140. The first-order chi connectivity index (χ1) is 24.0. The maximum Gasteiger partial charge on any atom is 0.418 e. The molecular formula is C39H47F4N3O5. The lowest BCUT2D eigenvalue weighted by Crippen LogP contribution is -2.60. The van der Waals surface area contributed by atoms with Crippen LogP contribution >= 0.6 is 0 Å². The minimum absolute atomic E-state index is 0.0391. The zero-order valence-corrected chi connectivity index (χ0v) is 29.8. The van der Waals surface area contributed by atoms with Crippen molar-refractivity contribution >= 4 is 40.1 Å². The number of nitrogens with one attached hydrogen (secondary N) is 3. The molecule has 3 N–H and O–H groups in total. The molecule has 1 heterocycles. The number of aromatic nitrogens is 1. The van der Waals surface area contributed by atoms with Gasteiger partial charge >= 0.3 is 6.18 Å². The highest BCUT2D eigenvalue weighted by Gasteiger charge is 2.47. The minimum Gasteiger partial charge on any atom is -0.358 e. The maximum atomic E-state index is 14.6. The monoisotopic (exact) mass is 713 g/mol. The van der Waals surface area contributed by atoms with Gasteiger partial charge in [0.1, 0.15) is 22.9 Å². The van der Waals surface area contributed by atoms with Gasteiger partial charge in [0, 0.05) is 48.6 Å². The van der Waals surface area contributed by atoms with Crippen LogP contribution in [0.2, 0.25) is 0 Å². The summed E-state index contributed by atoms with van der Waals surface area (Å²) in [7, 11) is 0. The van der Waals surface area contributed by atoms with Crippen molar-refractivity contribution in [3.8, 4) is 0 Å². The number of amides is 2. The molecule has 0 aliphatic heterocycles. The summed E-state index contributed by atoms with van der Waals surface area (Å²) in [5.41, 5.74) is -1.38. The number of carbonyl (C=O) groups is 5. The molecule has 2 unspecified atom stereocenters. The van der Waals surface area contributed by atoms with Crippen LogP contribution in [0.15, 0.2) is 42.5 Å². The van der Waals surface area contributed by atoms with Crippen LogP contribution in [-0.4, -0.2) is 46.2 Å². The molecular weight excluding hydrogens is 666 g/mol. The first-order valence-electron chi connectivity index (χ1n) is 17.6. The van der Waals surface area contributed by atoms with Crippen molar-refractivity contribution < 1.29 is 41.5 Å². The van der Waals surface area contributed by atoms with E-state index in [1.54, 1.807) is 12.1 Å². The van der Waals surface area contributed by atoms with E-state index in [-0.39, 0.29) is 84.9 Å². The number of benzene rings is 2. The molecule has 0 bridgehead atoms. The van der Waals surface area contributed by atoms with Gasteiger partial charge in [-0.2, -0.15) is 13.2 Å². The van der Waals surface area contributed by atoms with Crippen LogP contribution in [0.1, 0.15) is 89.1 Å². The summed E-state index contributed by atoms with van der Waals surface area (Å²) in [6.45, 7) is 8.47. The molecule has 2 amide bonds. The minimum atomic E-state index is -4.64. The molecule has 1 aromatic heterocycles. The van der Waals surface area contributed by atoms with Gasteiger partial charge in [-0.3, -0.25) is 24.0 Å². The Bertz CT molecular complexity index is 1780. The van der Waals surface area contributed by atoms with E-state index >= 15 is 0 Å². The van der Waals surface area contributed by atoms with Crippen molar-refractivity contribution in [3.05, 3.63) is 70.7 Å². The van der Waals surface area contributed by atoms with E-state index < -0.39 is 52.5 Å². The number of carbonyl (C=O) groups excluding carboxylic acids is 5. The van der Waals surface area contributed by atoms with E-state index in [1.807, 2.05) is 27.7 Å². The normalized spacial score (nSPS) is 18.3. The van der Waals surface area contributed by atoms with Crippen LogP contribution in [0.4, 0.5) is 17.6 Å². The number of Topliss-reactive ketones (excluding diaryl/α,β-unsaturated/α-hetero) is 3. The molecule has 4 rings (SSSR count). The molecule has 8 nitrogen and oxygen atoms in total. The molecule has 12 heteroatoms. The van der Waals surface area contributed by atoms with Gasteiger partial charge in [0.15, 0.2) is 5.78 Å². The number of ketones is 3. The Morgan fingerprint density at radius 3 is 2.16 bits per heavy atom. The SMILES string of the molecule is CCC(C)[C@H](CC(=O)[C@@]1(NC(=O)[C@@H](CC(=O)Cc2ccccc2F)C(C)CC)CCc2[nH]c3c(C(F)(F)F)cccc3c2C1)C(=O)NCC(C)=O. The summed E-state index contributed by atoms with van der Waals surface area (Å²) in [4.78, 5) is 70.0. The molecule has 276 valence electrons. The third-order valence-corrected chi connectivity index (χ3v) is 10.6.